The molecule has 0 radical (unpaired) electrons. The molecule has 25 heavy (non-hydrogen) atoms. The summed E-state index contributed by atoms with van der Waals surface area (Å²) in [6.45, 7) is 0. The highest BCUT2D eigenvalue weighted by Crippen LogP contribution is 2.31. The first-order chi connectivity index (χ1) is 12.1. The number of hydrogen-bond acceptors (Lipinski definition) is 5. The van der Waals surface area contributed by atoms with Crippen LogP contribution < -0.4 is 5.32 Å². The Morgan fingerprint density at radius 2 is 2.04 bits per heavy atom. The third-order valence-corrected chi connectivity index (χ3v) is 3.87. The molecule has 7 nitrogen and oxygen atoms in total. The Morgan fingerprint density at radius 1 is 1.28 bits per heavy atom. The van der Waals surface area contributed by atoms with E-state index in [-0.39, 0.29) is 17.3 Å². The van der Waals surface area contributed by atoms with Crippen LogP contribution in [0, 0.1) is 21.4 Å². The topological polar surface area (TPSA) is 96.8 Å². The number of rotatable bonds is 5. The third-order valence-electron chi connectivity index (χ3n) is 3.87. The maximum absolute atomic E-state index is 11.4. The fourth-order valence-electron chi connectivity index (χ4n) is 2.63. The van der Waals surface area contributed by atoms with Gasteiger partial charge in [-0.05, 0) is 17.7 Å². The van der Waals surface area contributed by atoms with Gasteiger partial charge in [0, 0.05) is 25.5 Å². The van der Waals surface area contributed by atoms with Crippen LogP contribution >= 0.6 is 0 Å². The summed E-state index contributed by atoms with van der Waals surface area (Å²) in [7, 11) is 1.87. The standard InChI is InChI=1S/C18H15N5O2/c1-22-10-9-20-18(22)17(14-5-3-2-4-6-14)21-15-8-7-13(12-19)11-16(15)23(24)25/h2-11,17,21H,1H3/t17-/m0/s1. The predicted octanol–water partition coefficient (Wildman–Crippen LogP) is 3.40. The molecule has 0 fully saturated rings. The Labute approximate surface area is 144 Å². The number of aryl methyl sites for hydroxylation is 1. The molecule has 1 heterocycles. The van der Waals surface area contributed by atoms with E-state index in [1.165, 1.54) is 6.07 Å². The Morgan fingerprint density at radius 3 is 2.64 bits per heavy atom. The summed E-state index contributed by atoms with van der Waals surface area (Å²) in [5.41, 5.74) is 1.36. The van der Waals surface area contributed by atoms with Crippen LogP contribution in [-0.2, 0) is 7.05 Å². The first-order valence-corrected chi connectivity index (χ1v) is 7.57. The zero-order valence-corrected chi connectivity index (χ0v) is 13.5. The van der Waals surface area contributed by atoms with Gasteiger partial charge in [-0.15, -0.1) is 0 Å². The van der Waals surface area contributed by atoms with Crippen molar-refractivity contribution in [2.75, 3.05) is 5.32 Å². The minimum absolute atomic E-state index is 0.144. The van der Waals surface area contributed by atoms with Gasteiger partial charge in [0.05, 0.1) is 16.6 Å². The van der Waals surface area contributed by atoms with Gasteiger partial charge in [0.15, 0.2) is 0 Å². The third kappa shape index (κ3) is 3.33. The number of nitro benzene ring substituents is 1. The van der Waals surface area contributed by atoms with Crippen LogP contribution in [0.25, 0.3) is 0 Å². The minimum Gasteiger partial charge on any atom is -0.366 e. The fourth-order valence-corrected chi connectivity index (χ4v) is 2.63. The number of hydrogen-bond donors (Lipinski definition) is 1. The molecule has 0 aliphatic carbocycles. The van der Waals surface area contributed by atoms with Gasteiger partial charge in [0.1, 0.15) is 17.6 Å². The van der Waals surface area contributed by atoms with E-state index < -0.39 is 4.92 Å². The summed E-state index contributed by atoms with van der Waals surface area (Å²) in [4.78, 5) is 15.3. The molecular formula is C18H15N5O2. The van der Waals surface area contributed by atoms with Crippen molar-refractivity contribution in [1.29, 1.82) is 5.26 Å². The maximum Gasteiger partial charge on any atom is 0.293 e. The van der Waals surface area contributed by atoms with Crippen molar-refractivity contribution in [3.8, 4) is 6.07 Å². The normalized spacial score (nSPS) is 11.5. The Kier molecular flexibility index (Phi) is 4.44. The monoisotopic (exact) mass is 333 g/mol. The SMILES string of the molecule is Cn1ccnc1[C@@H](Nc1ccc(C#N)cc1[N+](=O)[O-])c1ccccc1. The van der Waals surface area contributed by atoms with Gasteiger partial charge in [-0.25, -0.2) is 4.98 Å². The molecule has 0 aliphatic rings. The van der Waals surface area contributed by atoms with E-state index in [9.17, 15) is 10.1 Å². The molecule has 124 valence electrons. The van der Waals surface area contributed by atoms with Crippen molar-refractivity contribution in [3.63, 3.8) is 0 Å². The molecule has 0 bridgehead atoms. The van der Waals surface area contributed by atoms with Crippen molar-refractivity contribution in [2.24, 2.45) is 7.05 Å². The number of nitrogens with zero attached hydrogens (tertiary/aromatic N) is 4. The zero-order chi connectivity index (χ0) is 17.8. The molecule has 0 spiro atoms. The lowest BCUT2D eigenvalue weighted by Gasteiger charge is -2.20. The van der Waals surface area contributed by atoms with Crippen LogP contribution in [0.2, 0.25) is 0 Å². The molecule has 0 amide bonds. The molecule has 0 saturated heterocycles. The van der Waals surface area contributed by atoms with Gasteiger partial charge in [0.2, 0.25) is 0 Å². The van der Waals surface area contributed by atoms with E-state index in [2.05, 4.69) is 10.3 Å². The number of imidazole rings is 1. The van der Waals surface area contributed by atoms with Crippen LogP contribution in [0.1, 0.15) is 23.0 Å². The average Bonchev–Trinajstić information content (AvgIpc) is 3.06. The molecule has 2 aromatic carbocycles. The van der Waals surface area contributed by atoms with Crippen LogP contribution in [-0.4, -0.2) is 14.5 Å². The van der Waals surface area contributed by atoms with E-state index in [1.807, 2.05) is 54.2 Å². The summed E-state index contributed by atoms with van der Waals surface area (Å²) >= 11 is 0. The van der Waals surface area contributed by atoms with Crippen molar-refractivity contribution in [1.82, 2.24) is 9.55 Å². The van der Waals surface area contributed by atoms with Crippen molar-refractivity contribution in [2.45, 2.75) is 6.04 Å². The summed E-state index contributed by atoms with van der Waals surface area (Å²) in [6, 6.07) is 15.5. The Balaban J connectivity index is 2.07. The largest absolute Gasteiger partial charge is 0.366 e. The molecule has 0 saturated carbocycles. The van der Waals surface area contributed by atoms with Gasteiger partial charge in [-0.3, -0.25) is 10.1 Å². The van der Waals surface area contributed by atoms with Gasteiger partial charge < -0.3 is 9.88 Å². The highest BCUT2D eigenvalue weighted by atomic mass is 16.6. The summed E-state index contributed by atoms with van der Waals surface area (Å²) in [6.07, 6.45) is 3.50. The summed E-state index contributed by atoms with van der Waals surface area (Å²) < 4.78 is 1.86. The van der Waals surface area contributed by atoms with Crippen LogP contribution in [0.4, 0.5) is 11.4 Å². The van der Waals surface area contributed by atoms with E-state index in [4.69, 9.17) is 5.26 Å². The predicted molar refractivity (Wildman–Crippen MR) is 92.9 cm³/mol. The van der Waals surface area contributed by atoms with Crippen LogP contribution in [0.5, 0.6) is 0 Å². The summed E-state index contributed by atoms with van der Waals surface area (Å²) in [5.74, 6) is 0.727. The molecule has 3 aromatic rings. The number of nitrogens with one attached hydrogen (secondary N) is 1. The first-order valence-electron chi connectivity index (χ1n) is 7.57. The molecule has 0 unspecified atom stereocenters. The van der Waals surface area contributed by atoms with Gasteiger partial charge in [-0.1, -0.05) is 30.3 Å². The van der Waals surface area contributed by atoms with Crippen LogP contribution in [0.15, 0.2) is 60.9 Å². The van der Waals surface area contributed by atoms with E-state index in [1.54, 1.807) is 18.3 Å². The van der Waals surface area contributed by atoms with Crippen molar-refractivity contribution in [3.05, 3.63) is 88.0 Å². The number of aromatic nitrogens is 2. The lowest BCUT2D eigenvalue weighted by molar-refractivity contribution is -0.384. The molecule has 7 heteroatoms. The number of anilines is 1. The molecule has 1 atom stereocenters. The molecule has 1 aromatic heterocycles. The Hall–Kier alpha value is -3.66. The van der Waals surface area contributed by atoms with Crippen LogP contribution in [0.3, 0.4) is 0 Å². The maximum atomic E-state index is 11.4. The number of nitriles is 1. The second kappa shape index (κ2) is 6.84. The van der Waals surface area contributed by atoms with Crippen molar-refractivity contribution >= 4 is 11.4 Å². The number of benzene rings is 2. The fraction of sp³-hybridized carbons (Fsp3) is 0.111. The highest BCUT2D eigenvalue weighted by molar-refractivity contribution is 5.65. The van der Waals surface area contributed by atoms with Gasteiger partial charge >= 0.3 is 0 Å². The molecule has 3 rings (SSSR count). The molecule has 1 N–H and O–H groups in total. The number of nitro groups is 1. The zero-order valence-electron chi connectivity index (χ0n) is 13.5. The quantitative estimate of drug-likeness (QED) is 0.570. The van der Waals surface area contributed by atoms with Crippen molar-refractivity contribution < 1.29 is 4.92 Å². The first kappa shape index (κ1) is 16.2. The van der Waals surface area contributed by atoms with Gasteiger partial charge in [-0.2, -0.15) is 5.26 Å². The highest BCUT2D eigenvalue weighted by Gasteiger charge is 2.22. The average molecular weight is 333 g/mol. The smallest absolute Gasteiger partial charge is 0.293 e. The Bertz CT molecular complexity index is 944. The molecular weight excluding hydrogens is 318 g/mol. The molecule has 0 aliphatic heterocycles. The second-order valence-electron chi connectivity index (χ2n) is 5.49. The van der Waals surface area contributed by atoms with Gasteiger partial charge in [0.25, 0.3) is 5.69 Å². The minimum atomic E-state index is -0.496. The summed E-state index contributed by atoms with van der Waals surface area (Å²) in [5, 5.41) is 23.6. The van der Waals surface area contributed by atoms with E-state index in [0.29, 0.717) is 5.69 Å². The van der Waals surface area contributed by atoms with E-state index >= 15 is 0 Å². The lowest BCUT2D eigenvalue weighted by atomic mass is 10.0. The van der Waals surface area contributed by atoms with E-state index in [0.717, 1.165) is 11.4 Å². The second-order valence-corrected chi connectivity index (χ2v) is 5.49. The lowest BCUT2D eigenvalue weighted by Crippen LogP contribution is -2.17.